The maximum absolute atomic E-state index is 2.36. The van der Waals surface area contributed by atoms with E-state index in [1.807, 2.05) is 0 Å². The van der Waals surface area contributed by atoms with Crippen LogP contribution in [-0.2, 0) is 13.1 Å². The van der Waals surface area contributed by atoms with Gasteiger partial charge in [-0.05, 0) is 35.7 Å². The summed E-state index contributed by atoms with van der Waals surface area (Å²) in [6.07, 6.45) is 34.5. The summed E-state index contributed by atoms with van der Waals surface area (Å²) in [5, 5.41) is 5.37. The lowest BCUT2D eigenvalue weighted by Crippen LogP contribution is -2.32. The smallest absolute Gasteiger partial charge is 0.176 e. The van der Waals surface area contributed by atoms with E-state index in [2.05, 4.69) is 94.6 Å². The minimum Gasteiger partial charge on any atom is -0.205 e. The molecule has 0 bridgehead atoms. The number of aromatic nitrogens is 2. The van der Waals surface area contributed by atoms with Gasteiger partial charge in [-0.3, -0.25) is 0 Å². The lowest BCUT2D eigenvalue weighted by Gasteiger charge is -2.04. The second-order valence-electron chi connectivity index (χ2n) is 12.0. The number of hydrogen-bond donors (Lipinski definition) is 0. The average molecular weight is 539 g/mol. The van der Waals surface area contributed by atoms with Gasteiger partial charge in [0, 0.05) is 35.7 Å². The summed E-state index contributed by atoms with van der Waals surface area (Å²) in [6.45, 7) is 2.30. The van der Waals surface area contributed by atoms with Gasteiger partial charge in [0.05, 0.1) is 0 Å². The summed E-state index contributed by atoms with van der Waals surface area (Å²) in [6, 6.07) is 21.8. The van der Waals surface area contributed by atoms with Crippen molar-refractivity contribution in [3.05, 3.63) is 85.5 Å². The molecule has 0 aliphatic heterocycles. The minimum atomic E-state index is 1.15. The van der Waals surface area contributed by atoms with Crippen molar-refractivity contribution in [2.45, 2.75) is 129 Å². The van der Waals surface area contributed by atoms with Gasteiger partial charge in [-0.15, -0.1) is 0 Å². The van der Waals surface area contributed by atoms with Crippen molar-refractivity contribution in [3.8, 4) is 0 Å². The van der Waals surface area contributed by atoms with Gasteiger partial charge in [0.1, 0.15) is 13.1 Å². The molecule has 0 atom stereocenters. The van der Waals surface area contributed by atoms with Crippen molar-refractivity contribution < 1.29 is 9.13 Å². The largest absolute Gasteiger partial charge is 0.205 e. The highest BCUT2D eigenvalue weighted by Gasteiger charge is 2.04. The van der Waals surface area contributed by atoms with Crippen molar-refractivity contribution in [1.82, 2.24) is 0 Å². The van der Waals surface area contributed by atoms with Crippen molar-refractivity contribution >= 4 is 21.5 Å². The van der Waals surface area contributed by atoms with Crippen LogP contribution in [0.4, 0.5) is 0 Å². The number of fused-ring (bicyclic) bond motifs is 2. The van der Waals surface area contributed by atoms with Crippen LogP contribution in [0.25, 0.3) is 21.5 Å². The number of rotatable bonds is 21. The molecule has 4 aromatic rings. The third-order valence-electron chi connectivity index (χ3n) is 8.58. The molecule has 0 aliphatic carbocycles. The Kier molecular flexibility index (Phi) is 14.0. The Balaban J connectivity index is 0.858. The number of nitrogens with zero attached hydrogens (tertiary/aromatic N) is 2. The first-order chi connectivity index (χ1) is 19.9. The molecular weight excluding hydrogens is 484 g/mol. The van der Waals surface area contributed by atoms with Crippen LogP contribution in [-0.4, -0.2) is 0 Å². The summed E-state index contributed by atoms with van der Waals surface area (Å²) in [4.78, 5) is 0. The lowest BCUT2D eigenvalue weighted by molar-refractivity contribution is -0.696. The maximum Gasteiger partial charge on any atom is 0.176 e. The van der Waals surface area contributed by atoms with Gasteiger partial charge >= 0.3 is 0 Å². The monoisotopic (exact) mass is 538 g/mol. The summed E-state index contributed by atoms with van der Waals surface area (Å²) in [7, 11) is 0. The van der Waals surface area contributed by atoms with E-state index in [4.69, 9.17) is 0 Å². The zero-order valence-electron chi connectivity index (χ0n) is 25.1. The fourth-order valence-electron chi connectivity index (χ4n) is 6.05. The van der Waals surface area contributed by atoms with E-state index in [-0.39, 0.29) is 0 Å². The molecule has 0 saturated carbocycles. The Morgan fingerprint density at radius 2 is 0.575 bits per heavy atom. The molecule has 214 valence electrons. The Morgan fingerprint density at radius 3 is 0.900 bits per heavy atom. The third-order valence-corrected chi connectivity index (χ3v) is 8.58. The van der Waals surface area contributed by atoms with E-state index in [0.717, 1.165) is 13.1 Å². The van der Waals surface area contributed by atoms with E-state index in [1.54, 1.807) is 0 Å². The number of aryl methyl sites for hydroxylation is 2. The van der Waals surface area contributed by atoms with Crippen molar-refractivity contribution in [1.29, 1.82) is 0 Å². The lowest BCUT2D eigenvalue weighted by atomic mass is 10.0. The summed E-state index contributed by atoms with van der Waals surface area (Å²) in [5.74, 6) is 0. The molecule has 2 nitrogen and oxygen atoms in total. The zero-order chi connectivity index (χ0) is 27.5. The molecule has 0 aliphatic rings. The summed E-state index contributed by atoms with van der Waals surface area (Å²) in [5.41, 5.74) is 0. The van der Waals surface area contributed by atoms with E-state index in [9.17, 15) is 0 Å². The van der Waals surface area contributed by atoms with Crippen LogP contribution >= 0.6 is 0 Å². The van der Waals surface area contributed by atoms with Crippen molar-refractivity contribution in [2.75, 3.05) is 0 Å². The minimum absolute atomic E-state index is 1.15. The van der Waals surface area contributed by atoms with Crippen LogP contribution in [0.2, 0.25) is 0 Å². The first-order valence-electron chi connectivity index (χ1n) is 16.6. The van der Waals surface area contributed by atoms with Crippen LogP contribution < -0.4 is 9.13 Å². The third kappa shape index (κ3) is 11.4. The molecule has 2 aromatic carbocycles. The highest BCUT2D eigenvalue weighted by atomic mass is 14.9. The molecule has 40 heavy (non-hydrogen) atoms. The van der Waals surface area contributed by atoms with Crippen LogP contribution in [0.15, 0.2) is 85.5 Å². The molecule has 2 aromatic heterocycles. The second-order valence-corrected chi connectivity index (χ2v) is 12.0. The van der Waals surface area contributed by atoms with Gasteiger partial charge < -0.3 is 0 Å². The number of hydrogen-bond acceptors (Lipinski definition) is 0. The van der Waals surface area contributed by atoms with Gasteiger partial charge in [-0.1, -0.05) is 126 Å². The number of pyridine rings is 2. The molecule has 0 fully saturated rings. The Labute approximate surface area is 244 Å². The highest BCUT2D eigenvalue weighted by molar-refractivity contribution is 5.80. The molecule has 4 rings (SSSR count). The van der Waals surface area contributed by atoms with Crippen LogP contribution in [0.5, 0.6) is 0 Å². The SMILES string of the molecule is c1ccc2c[n+](CCCCCCCCCCCCCCCCCCCC[n+]3ccc4ccccc4c3)ccc2c1. The topological polar surface area (TPSA) is 7.76 Å². The first-order valence-corrected chi connectivity index (χ1v) is 16.6. The summed E-state index contributed by atoms with van der Waals surface area (Å²) >= 11 is 0. The zero-order valence-corrected chi connectivity index (χ0v) is 25.1. The fraction of sp³-hybridized carbons (Fsp3) is 0.526. The van der Waals surface area contributed by atoms with E-state index in [0.29, 0.717) is 0 Å². The normalized spacial score (nSPS) is 11.5. The van der Waals surface area contributed by atoms with Crippen LogP contribution in [0, 0.1) is 0 Å². The molecule has 0 radical (unpaired) electrons. The van der Waals surface area contributed by atoms with Gasteiger partial charge in [0.2, 0.25) is 0 Å². The van der Waals surface area contributed by atoms with Gasteiger partial charge in [0.25, 0.3) is 0 Å². The predicted molar refractivity (Wildman–Crippen MR) is 171 cm³/mol. The number of unbranched alkanes of at least 4 members (excludes halogenated alkanes) is 17. The van der Waals surface area contributed by atoms with Crippen molar-refractivity contribution in [3.63, 3.8) is 0 Å². The van der Waals surface area contributed by atoms with E-state index < -0.39 is 0 Å². The Bertz CT molecular complexity index is 1130. The molecule has 0 amide bonds. The van der Waals surface area contributed by atoms with Crippen LogP contribution in [0.3, 0.4) is 0 Å². The predicted octanol–water partition coefficient (Wildman–Crippen LogP) is 10.3. The molecule has 2 heteroatoms. The maximum atomic E-state index is 2.36. The van der Waals surface area contributed by atoms with Crippen LogP contribution in [0.1, 0.15) is 116 Å². The second kappa shape index (κ2) is 18.6. The first kappa shape index (κ1) is 30.2. The Morgan fingerprint density at radius 1 is 0.300 bits per heavy atom. The molecule has 2 heterocycles. The molecule has 0 N–H and O–H groups in total. The standard InChI is InChI=1S/C38H54N2/c1(3-5-7-9-11-13-15-21-29-39-31-27-35-23-17-19-25-37(35)33-39)2-4-6-8-10-12-14-16-22-30-40-32-28-36-24-18-20-26-38(36)34-40/h17-20,23-28,31-34H,1-16,21-22,29-30H2/q+2. The van der Waals surface area contributed by atoms with Crippen molar-refractivity contribution in [2.24, 2.45) is 0 Å². The quantitative estimate of drug-likeness (QED) is 0.0736. The fourth-order valence-corrected chi connectivity index (χ4v) is 6.05. The van der Waals surface area contributed by atoms with Gasteiger partial charge in [-0.25, -0.2) is 9.13 Å². The summed E-state index contributed by atoms with van der Waals surface area (Å²) < 4.78 is 4.72. The molecule has 0 unspecified atom stereocenters. The van der Waals surface area contributed by atoms with E-state index in [1.165, 1.54) is 137 Å². The van der Waals surface area contributed by atoms with E-state index >= 15 is 0 Å². The molecule has 0 saturated heterocycles. The number of benzene rings is 2. The molecule has 0 spiro atoms. The van der Waals surface area contributed by atoms with Gasteiger partial charge in [-0.2, -0.15) is 0 Å². The average Bonchev–Trinajstić information content (AvgIpc) is 3.00. The highest BCUT2D eigenvalue weighted by Crippen LogP contribution is 2.15. The molecular formula is C38H54N2+2. The van der Waals surface area contributed by atoms with Gasteiger partial charge in [0.15, 0.2) is 24.8 Å². The Hall–Kier alpha value is -2.74.